The summed E-state index contributed by atoms with van der Waals surface area (Å²) in [7, 11) is 0. The standard InChI is InChI=1S/C14H10N4O/c1-9-6-11(19)3-4-12(9)14-17-16-13-5-2-10(7-15)8-18(13)14/h2-6,8,19H,1H3. The SMILES string of the molecule is Cc1cc(O)ccc1-c1nnc2ccc(C#N)cn12. The van der Waals surface area contributed by atoms with Gasteiger partial charge < -0.3 is 5.11 Å². The van der Waals surface area contributed by atoms with Gasteiger partial charge in [-0.3, -0.25) is 4.40 Å². The van der Waals surface area contributed by atoms with Crippen molar-refractivity contribution in [2.24, 2.45) is 0 Å². The van der Waals surface area contributed by atoms with Crippen LogP contribution in [0.2, 0.25) is 0 Å². The molecule has 0 spiro atoms. The normalized spacial score (nSPS) is 10.5. The molecule has 19 heavy (non-hydrogen) atoms. The van der Waals surface area contributed by atoms with Crippen molar-refractivity contribution in [2.75, 3.05) is 0 Å². The van der Waals surface area contributed by atoms with E-state index in [2.05, 4.69) is 16.3 Å². The summed E-state index contributed by atoms with van der Waals surface area (Å²) in [6.07, 6.45) is 1.71. The molecule has 92 valence electrons. The van der Waals surface area contributed by atoms with Crippen molar-refractivity contribution in [2.45, 2.75) is 6.92 Å². The Bertz CT molecular complexity index is 814. The van der Waals surface area contributed by atoms with Gasteiger partial charge in [-0.05, 0) is 42.8 Å². The first-order chi connectivity index (χ1) is 9.19. The third kappa shape index (κ3) is 1.79. The predicted molar refractivity (Wildman–Crippen MR) is 69.5 cm³/mol. The number of phenols is 1. The van der Waals surface area contributed by atoms with Gasteiger partial charge in [-0.25, -0.2) is 0 Å². The first-order valence-electron chi connectivity index (χ1n) is 5.74. The van der Waals surface area contributed by atoms with Crippen LogP contribution in [0.25, 0.3) is 17.0 Å². The second-order valence-corrected chi connectivity index (χ2v) is 4.28. The molecule has 0 bridgehead atoms. The number of phenolic OH excluding ortho intramolecular Hbond substituents is 1. The zero-order valence-electron chi connectivity index (χ0n) is 10.2. The number of aromatic nitrogens is 3. The molecule has 0 aliphatic heterocycles. The van der Waals surface area contributed by atoms with Crippen molar-refractivity contribution < 1.29 is 5.11 Å². The van der Waals surface area contributed by atoms with Crippen LogP contribution >= 0.6 is 0 Å². The summed E-state index contributed by atoms with van der Waals surface area (Å²) in [5.41, 5.74) is 3.00. The zero-order valence-corrected chi connectivity index (χ0v) is 10.2. The maximum Gasteiger partial charge on any atom is 0.168 e. The zero-order chi connectivity index (χ0) is 13.4. The van der Waals surface area contributed by atoms with E-state index < -0.39 is 0 Å². The molecule has 1 N–H and O–H groups in total. The monoisotopic (exact) mass is 250 g/mol. The smallest absolute Gasteiger partial charge is 0.168 e. The molecule has 0 unspecified atom stereocenters. The molecule has 2 aromatic heterocycles. The van der Waals surface area contributed by atoms with Gasteiger partial charge >= 0.3 is 0 Å². The van der Waals surface area contributed by atoms with E-state index in [1.165, 1.54) is 0 Å². The maximum absolute atomic E-state index is 9.44. The molecule has 3 aromatic rings. The molecule has 5 heteroatoms. The molecular formula is C14H10N4O. The molecule has 0 saturated heterocycles. The number of benzene rings is 1. The lowest BCUT2D eigenvalue weighted by Gasteiger charge is -2.04. The molecule has 0 amide bonds. The third-order valence-electron chi connectivity index (χ3n) is 2.98. The highest BCUT2D eigenvalue weighted by atomic mass is 16.3. The van der Waals surface area contributed by atoms with Crippen LogP contribution in [-0.4, -0.2) is 19.7 Å². The van der Waals surface area contributed by atoms with E-state index in [4.69, 9.17) is 5.26 Å². The Morgan fingerprint density at radius 1 is 1.21 bits per heavy atom. The highest BCUT2D eigenvalue weighted by Gasteiger charge is 2.11. The predicted octanol–water partition coefficient (Wildman–Crippen LogP) is 2.28. The molecule has 0 aliphatic rings. The Morgan fingerprint density at radius 3 is 2.79 bits per heavy atom. The van der Waals surface area contributed by atoms with Crippen molar-refractivity contribution in [3.8, 4) is 23.2 Å². The van der Waals surface area contributed by atoms with Crippen molar-refractivity contribution in [3.05, 3.63) is 47.7 Å². The number of pyridine rings is 1. The lowest BCUT2D eigenvalue weighted by Crippen LogP contribution is -1.92. The fourth-order valence-corrected chi connectivity index (χ4v) is 2.04. The average molecular weight is 250 g/mol. The fraction of sp³-hybridized carbons (Fsp3) is 0.0714. The van der Waals surface area contributed by atoms with Crippen LogP contribution < -0.4 is 0 Å². The summed E-state index contributed by atoms with van der Waals surface area (Å²) < 4.78 is 1.78. The quantitative estimate of drug-likeness (QED) is 0.719. The molecule has 1 aromatic carbocycles. The summed E-state index contributed by atoms with van der Waals surface area (Å²) >= 11 is 0. The van der Waals surface area contributed by atoms with Crippen molar-refractivity contribution in [3.63, 3.8) is 0 Å². The van der Waals surface area contributed by atoms with Gasteiger partial charge in [-0.2, -0.15) is 5.26 Å². The van der Waals surface area contributed by atoms with Crippen LogP contribution in [-0.2, 0) is 0 Å². The largest absolute Gasteiger partial charge is 0.508 e. The van der Waals surface area contributed by atoms with Gasteiger partial charge in [0.2, 0.25) is 0 Å². The minimum absolute atomic E-state index is 0.216. The molecule has 0 aliphatic carbocycles. The summed E-state index contributed by atoms with van der Waals surface area (Å²) in [6.45, 7) is 1.89. The topological polar surface area (TPSA) is 74.2 Å². The number of aromatic hydroxyl groups is 1. The van der Waals surface area contributed by atoms with Crippen LogP contribution in [0.5, 0.6) is 5.75 Å². The minimum atomic E-state index is 0.216. The molecule has 0 radical (unpaired) electrons. The maximum atomic E-state index is 9.44. The number of nitriles is 1. The minimum Gasteiger partial charge on any atom is -0.508 e. The van der Waals surface area contributed by atoms with E-state index >= 15 is 0 Å². The van der Waals surface area contributed by atoms with Crippen molar-refractivity contribution in [1.29, 1.82) is 5.26 Å². The van der Waals surface area contributed by atoms with Crippen LogP contribution in [0.4, 0.5) is 0 Å². The Hall–Kier alpha value is -2.87. The van der Waals surface area contributed by atoms with Crippen molar-refractivity contribution in [1.82, 2.24) is 14.6 Å². The van der Waals surface area contributed by atoms with E-state index in [0.29, 0.717) is 17.0 Å². The molecule has 0 fully saturated rings. The van der Waals surface area contributed by atoms with E-state index in [1.807, 2.05) is 6.92 Å². The number of fused-ring (bicyclic) bond motifs is 1. The van der Waals surface area contributed by atoms with Gasteiger partial charge in [0.15, 0.2) is 11.5 Å². The van der Waals surface area contributed by atoms with Gasteiger partial charge in [-0.1, -0.05) is 0 Å². The van der Waals surface area contributed by atoms with E-state index in [1.54, 1.807) is 40.9 Å². The molecule has 0 saturated carbocycles. The number of rotatable bonds is 1. The van der Waals surface area contributed by atoms with E-state index in [-0.39, 0.29) is 5.75 Å². The van der Waals surface area contributed by atoms with Crippen molar-refractivity contribution >= 4 is 5.65 Å². The molecule has 3 rings (SSSR count). The van der Waals surface area contributed by atoms with Gasteiger partial charge in [-0.15, -0.1) is 10.2 Å². The van der Waals surface area contributed by atoms with Gasteiger partial charge in [0.25, 0.3) is 0 Å². The summed E-state index contributed by atoms with van der Waals surface area (Å²) in [5, 5.41) is 26.6. The number of nitrogens with zero attached hydrogens (tertiary/aromatic N) is 4. The first-order valence-corrected chi connectivity index (χ1v) is 5.74. The number of aryl methyl sites for hydroxylation is 1. The Labute approximate surface area is 109 Å². The Morgan fingerprint density at radius 2 is 2.05 bits per heavy atom. The second kappa shape index (κ2) is 4.10. The fourth-order valence-electron chi connectivity index (χ4n) is 2.04. The Kier molecular flexibility index (Phi) is 2.43. The number of hydrogen-bond donors (Lipinski definition) is 1. The van der Waals surface area contributed by atoms with Gasteiger partial charge in [0.1, 0.15) is 11.8 Å². The third-order valence-corrected chi connectivity index (χ3v) is 2.98. The molecule has 0 atom stereocenters. The highest BCUT2D eigenvalue weighted by molar-refractivity contribution is 5.64. The van der Waals surface area contributed by atoms with Crippen LogP contribution in [0.1, 0.15) is 11.1 Å². The van der Waals surface area contributed by atoms with Gasteiger partial charge in [0, 0.05) is 11.8 Å². The lowest BCUT2D eigenvalue weighted by molar-refractivity contribution is 0.475. The highest BCUT2D eigenvalue weighted by Crippen LogP contribution is 2.25. The molecule has 2 heterocycles. The van der Waals surface area contributed by atoms with E-state index in [9.17, 15) is 5.11 Å². The van der Waals surface area contributed by atoms with Crippen LogP contribution in [0.15, 0.2) is 36.5 Å². The molecule has 5 nitrogen and oxygen atoms in total. The second-order valence-electron chi connectivity index (χ2n) is 4.28. The Balaban J connectivity index is 2.28. The first kappa shape index (κ1) is 11.2. The van der Waals surface area contributed by atoms with Crippen LogP contribution in [0.3, 0.4) is 0 Å². The lowest BCUT2D eigenvalue weighted by atomic mass is 10.1. The van der Waals surface area contributed by atoms with Crippen LogP contribution in [0, 0.1) is 18.3 Å². The van der Waals surface area contributed by atoms with Gasteiger partial charge in [0.05, 0.1) is 5.56 Å². The molecular weight excluding hydrogens is 240 g/mol. The summed E-state index contributed by atoms with van der Waals surface area (Å²) in [6, 6.07) is 10.6. The van der Waals surface area contributed by atoms with E-state index in [0.717, 1.165) is 11.1 Å². The summed E-state index contributed by atoms with van der Waals surface area (Å²) in [4.78, 5) is 0. The average Bonchev–Trinajstić information content (AvgIpc) is 2.81. The number of hydrogen-bond acceptors (Lipinski definition) is 4. The summed E-state index contributed by atoms with van der Waals surface area (Å²) in [5.74, 6) is 0.873.